The van der Waals surface area contributed by atoms with E-state index in [0.29, 0.717) is 11.1 Å². The SMILES string of the molecule is Cc1ccc(C(=O)c2ccoc2Cl)cn1. The van der Waals surface area contributed by atoms with Crippen molar-refractivity contribution < 1.29 is 9.21 Å². The van der Waals surface area contributed by atoms with E-state index in [9.17, 15) is 4.79 Å². The van der Waals surface area contributed by atoms with Crippen LogP contribution in [0, 0.1) is 6.92 Å². The number of nitrogens with zero attached hydrogens (tertiary/aromatic N) is 1. The third-order valence-corrected chi connectivity index (χ3v) is 2.33. The number of halogens is 1. The Morgan fingerprint density at radius 1 is 1.40 bits per heavy atom. The Labute approximate surface area is 91.7 Å². The Balaban J connectivity index is 2.37. The van der Waals surface area contributed by atoms with Crippen molar-refractivity contribution in [3.63, 3.8) is 0 Å². The highest BCUT2D eigenvalue weighted by Crippen LogP contribution is 2.20. The highest BCUT2D eigenvalue weighted by molar-refractivity contribution is 6.33. The summed E-state index contributed by atoms with van der Waals surface area (Å²) in [5.41, 5.74) is 1.73. The molecule has 0 atom stereocenters. The van der Waals surface area contributed by atoms with Gasteiger partial charge in [0.2, 0.25) is 5.22 Å². The van der Waals surface area contributed by atoms with E-state index >= 15 is 0 Å². The number of aryl methyl sites for hydroxylation is 1. The van der Waals surface area contributed by atoms with Crippen molar-refractivity contribution in [2.75, 3.05) is 0 Å². The summed E-state index contributed by atoms with van der Waals surface area (Å²) in [5, 5.41) is 0.112. The number of ketones is 1. The second kappa shape index (κ2) is 3.87. The Bertz CT molecular complexity index is 488. The van der Waals surface area contributed by atoms with Gasteiger partial charge in [0, 0.05) is 17.5 Å². The quantitative estimate of drug-likeness (QED) is 0.733. The predicted molar refractivity (Wildman–Crippen MR) is 56.1 cm³/mol. The molecule has 4 heteroatoms. The van der Waals surface area contributed by atoms with Crippen LogP contribution < -0.4 is 0 Å². The first-order valence-corrected chi connectivity index (χ1v) is 4.76. The number of pyridine rings is 1. The van der Waals surface area contributed by atoms with Crippen LogP contribution in [0.25, 0.3) is 0 Å². The van der Waals surface area contributed by atoms with Crippen molar-refractivity contribution in [1.29, 1.82) is 0 Å². The number of aromatic nitrogens is 1. The molecule has 0 radical (unpaired) electrons. The zero-order valence-corrected chi connectivity index (χ0v) is 8.78. The minimum atomic E-state index is -0.179. The number of rotatable bonds is 2. The normalized spacial score (nSPS) is 10.3. The fourth-order valence-corrected chi connectivity index (χ4v) is 1.41. The molecule has 0 aromatic carbocycles. The Morgan fingerprint density at radius 2 is 2.20 bits per heavy atom. The summed E-state index contributed by atoms with van der Waals surface area (Å²) in [6.07, 6.45) is 2.91. The first-order valence-electron chi connectivity index (χ1n) is 4.39. The zero-order valence-electron chi connectivity index (χ0n) is 8.03. The van der Waals surface area contributed by atoms with Gasteiger partial charge in [-0.2, -0.15) is 0 Å². The largest absolute Gasteiger partial charge is 0.452 e. The van der Waals surface area contributed by atoms with Gasteiger partial charge in [-0.15, -0.1) is 0 Å². The monoisotopic (exact) mass is 221 g/mol. The van der Waals surface area contributed by atoms with Gasteiger partial charge in [0.1, 0.15) is 0 Å². The van der Waals surface area contributed by atoms with Crippen LogP contribution in [0.4, 0.5) is 0 Å². The van der Waals surface area contributed by atoms with E-state index in [1.807, 2.05) is 6.92 Å². The van der Waals surface area contributed by atoms with Gasteiger partial charge in [-0.1, -0.05) is 0 Å². The number of carbonyl (C=O) groups excluding carboxylic acids is 1. The van der Waals surface area contributed by atoms with E-state index < -0.39 is 0 Å². The lowest BCUT2D eigenvalue weighted by Crippen LogP contribution is -2.01. The smallest absolute Gasteiger partial charge is 0.204 e. The summed E-state index contributed by atoms with van der Waals surface area (Å²) >= 11 is 5.71. The molecule has 0 saturated carbocycles. The maximum Gasteiger partial charge on any atom is 0.204 e. The molecule has 2 aromatic heterocycles. The summed E-state index contributed by atoms with van der Waals surface area (Å²) in [7, 11) is 0. The second-order valence-corrected chi connectivity index (χ2v) is 3.47. The predicted octanol–water partition coefficient (Wildman–Crippen LogP) is 2.87. The van der Waals surface area contributed by atoms with Crippen LogP contribution in [-0.2, 0) is 0 Å². The molecule has 2 aromatic rings. The molecule has 15 heavy (non-hydrogen) atoms. The van der Waals surface area contributed by atoms with Gasteiger partial charge >= 0.3 is 0 Å². The van der Waals surface area contributed by atoms with Crippen LogP contribution in [0.1, 0.15) is 21.6 Å². The zero-order chi connectivity index (χ0) is 10.8. The van der Waals surface area contributed by atoms with Crippen molar-refractivity contribution in [2.45, 2.75) is 6.92 Å². The fourth-order valence-electron chi connectivity index (χ4n) is 1.21. The van der Waals surface area contributed by atoms with Gasteiger partial charge in [-0.05, 0) is 36.7 Å². The third-order valence-electron chi connectivity index (χ3n) is 2.04. The van der Waals surface area contributed by atoms with Crippen molar-refractivity contribution >= 4 is 17.4 Å². The molecule has 2 rings (SSSR count). The Hall–Kier alpha value is -1.61. The van der Waals surface area contributed by atoms with Gasteiger partial charge in [0.05, 0.1) is 11.8 Å². The lowest BCUT2D eigenvalue weighted by atomic mass is 10.1. The number of furan rings is 1. The number of hydrogen-bond donors (Lipinski definition) is 0. The number of carbonyl (C=O) groups is 1. The van der Waals surface area contributed by atoms with E-state index in [-0.39, 0.29) is 11.0 Å². The third kappa shape index (κ3) is 1.92. The maximum absolute atomic E-state index is 11.9. The van der Waals surface area contributed by atoms with Gasteiger partial charge < -0.3 is 4.42 Å². The minimum absolute atomic E-state index is 0.112. The number of hydrogen-bond acceptors (Lipinski definition) is 3. The van der Waals surface area contributed by atoms with Crippen LogP contribution in [0.5, 0.6) is 0 Å². The lowest BCUT2D eigenvalue weighted by molar-refractivity contribution is 0.103. The summed E-state index contributed by atoms with van der Waals surface area (Å²) in [6, 6.07) is 5.04. The molecule has 0 unspecified atom stereocenters. The van der Waals surface area contributed by atoms with Crippen molar-refractivity contribution in [2.24, 2.45) is 0 Å². The van der Waals surface area contributed by atoms with Gasteiger partial charge in [-0.25, -0.2) is 0 Å². The van der Waals surface area contributed by atoms with Crippen molar-refractivity contribution in [3.8, 4) is 0 Å². The molecule has 0 spiro atoms. The van der Waals surface area contributed by atoms with Crippen molar-refractivity contribution in [1.82, 2.24) is 4.98 Å². The van der Waals surface area contributed by atoms with E-state index in [2.05, 4.69) is 4.98 Å². The van der Waals surface area contributed by atoms with Crippen LogP contribution >= 0.6 is 11.6 Å². The summed E-state index contributed by atoms with van der Waals surface area (Å²) < 4.78 is 4.86. The molecule has 0 aliphatic heterocycles. The first kappa shape index (κ1) is 9.93. The van der Waals surface area contributed by atoms with Crippen LogP contribution in [0.15, 0.2) is 35.1 Å². The fraction of sp³-hybridized carbons (Fsp3) is 0.0909. The molecule has 0 saturated heterocycles. The average Bonchev–Trinajstić information content (AvgIpc) is 2.65. The molecule has 76 valence electrons. The van der Waals surface area contributed by atoms with Crippen LogP contribution in [0.2, 0.25) is 5.22 Å². The summed E-state index contributed by atoms with van der Waals surface area (Å²) in [6.45, 7) is 1.86. The molecule has 0 amide bonds. The maximum atomic E-state index is 11.9. The molecule has 0 N–H and O–H groups in total. The molecular weight excluding hydrogens is 214 g/mol. The standard InChI is InChI=1S/C11H8ClNO2/c1-7-2-3-8(6-13-7)10(14)9-4-5-15-11(9)12/h2-6H,1H3. The highest BCUT2D eigenvalue weighted by Gasteiger charge is 2.14. The lowest BCUT2D eigenvalue weighted by Gasteiger charge is -1.98. The second-order valence-electron chi connectivity index (χ2n) is 3.13. The molecule has 0 aliphatic rings. The summed E-state index contributed by atoms with van der Waals surface area (Å²) in [4.78, 5) is 15.9. The van der Waals surface area contributed by atoms with E-state index in [1.165, 1.54) is 12.5 Å². The van der Waals surface area contributed by atoms with E-state index in [4.69, 9.17) is 16.0 Å². The van der Waals surface area contributed by atoms with E-state index in [1.54, 1.807) is 18.2 Å². The van der Waals surface area contributed by atoms with Gasteiger partial charge in [0.25, 0.3) is 0 Å². The topological polar surface area (TPSA) is 43.1 Å². The minimum Gasteiger partial charge on any atom is -0.452 e. The highest BCUT2D eigenvalue weighted by atomic mass is 35.5. The molecule has 0 bridgehead atoms. The van der Waals surface area contributed by atoms with Gasteiger partial charge in [0.15, 0.2) is 5.78 Å². The molecule has 2 heterocycles. The van der Waals surface area contributed by atoms with Crippen molar-refractivity contribution in [3.05, 3.63) is 52.7 Å². The molecular formula is C11H8ClNO2. The Morgan fingerprint density at radius 3 is 2.73 bits per heavy atom. The average molecular weight is 222 g/mol. The van der Waals surface area contributed by atoms with Crippen LogP contribution in [0.3, 0.4) is 0 Å². The van der Waals surface area contributed by atoms with Gasteiger partial charge in [-0.3, -0.25) is 9.78 Å². The van der Waals surface area contributed by atoms with E-state index in [0.717, 1.165) is 5.69 Å². The molecule has 0 aliphatic carbocycles. The summed E-state index contributed by atoms with van der Waals surface area (Å²) in [5.74, 6) is -0.179. The molecule has 0 fully saturated rings. The Kier molecular flexibility index (Phi) is 2.56. The first-order chi connectivity index (χ1) is 7.18. The van der Waals surface area contributed by atoms with Crippen LogP contribution in [-0.4, -0.2) is 10.8 Å². The molecule has 3 nitrogen and oxygen atoms in total.